The molecule has 2 aromatic rings. The van der Waals surface area contributed by atoms with Gasteiger partial charge >= 0.3 is 0 Å². The molecule has 1 fully saturated rings. The van der Waals surface area contributed by atoms with Crippen molar-refractivity contribution in [3.05, 3.63) is 29.3 Å². The van der Waals surface area contributed by atoms with E-state index in [9.17, 15) is 9.50 Å². The highest BCUT2D eigenvalue weighted by atomic mass is 35.5. The first-order valence-corrected chi connectivity index (χ1v) is 6.57. The highest BCUT2D eigenvalue weighted by molar-refractivity contribution is 6.28. The van der Waals surface area contributed by atoms with Crippen molar-refractivity contribution in [3.8, 4) is 0 Å². The van der Waals surface area contributed by atoms with Crippen molar-refractivity contribution in [1.29, 1.82) is 0 Å². The molecule has 4 nitrogen and oxygen atoms in total. The Labute approximate surface area is 114 Å². The van der Waals surface area contributed by atoms with Gasteiger partial charge in [-0.05, 0) is 36.6 Å². The molecule has 100 valence electrons. The molecule has 0 radical (unpaired) electrons. The van der Waals surface area contributed by atoms with E-state index < -0.39 is 0 Å². The highest BCUT2D eigenvalue weighted by Gasteiger charge is 2.26. The van der Waals surface area contributed by atoms with Gasteiger partial charge in [-0.3, -0.25) is 0 Å². The molecule has 0 aliphatic carbocycles. The molecule has 1 aromatic heterocycles. The van der Waals surface area contributed by atoms with Gasteiger partial charge in [0.2, 0.25) is 5.28 Å². The minimum Gasteiger partial charge on any atom is -0.394 e. The van der Waals surface area contributed by atoms with E-state index in [-0.39, 0.29) is 23.7 Å². The van der Waals surface area contributed by atoms with E-state index in [1.807, 2.05) is 4.90 Å². The number of aromatic nitrogens is 2. The number of nitrogens with zero attached hydrogens (tertiary/aromatic N) is 3. The van der Waals surface area contributed by atoms with Gasteiger partial charge in [0.05, 0.1) is 18.2 Å². The molecule has 1 aliphatic rings. The summed E-state index contributed by atoms with van der Waals surface area (Å²) in [6.07, 6.45) is 1.91. The molecule has 2 heterocycles. The fraction of sp³-hybridized carbons (Fsp3) is 0.385. The number of halogens is 2. The van der Waals surface area contributed by atoms with Crippen molar-refractivity contribution in [3.63, 3.8) is 0 Å². The molecular weight excluding hydrogens is 269 g/mol. The van der Waals surface area contributed by atoms with E-state index >= 15 is 0 Å². The number of hydrogen-bond donors (Lipinski definition) is 1. The molecule has 0 unspecified atom stereocenters. The largest absolute Gasteiger partial charge is 0.394 e. The molecule has 3 rings (SSSR count). The SMILES string of the molecule is OC[C@@H]1CCCN1c1nc(Cl)nc2cc(F)ccc12. The van der Waals surface area contributed by atoms with Crippen LogP contribution in [-0.4, -0.2) is 34.3 Å². The first-order chi connectivity index (χ1) is 9.19. The summed E-state index contributed by atoms with van der Waals surface area (Å²) in [5, 5.41) is 10.3. The molecular formula is C13H13ClFN3O. The van der Waals surface area contributed by atoms with E-state index in [0.29, 0.717) is 11.3 Å². The zero-order valence-corrected chi connectivity index (χ0v) is 10.9. The second-order valence-corrected chi connectivity index (χ2v) is 4.99. The molecule has 19 heavy (non-hydrogen) atoms. The predicted octanol–water partition coefficient (Wildman–Crippen LogP) is 2.38. The lowest BCUT2D eigenvalue weighted by atomic mass is 10.2. The lowest BCUT2D eigenvalue weighted by molar-refractivity contribution is 0.266. The second kappa shape index (κ2) is 4.90. The van der Waals surface area contributed by atoms with Crippen LogP contribution >= 0.6 is 11.6 Å². The van der Waals surface area contributed by atoms with Crippen LogP contribution in [-0.2, 0) is 0 Å². The minimum atomic E-state index is -0.353. The quantitative estimate of drug-likeness (QED) is 0.859. The molecule has 0 amide bonds. The van der Waals surface area contributed by atoms with E-state index in [4.69, 9.17) is 11.6 Å². The summed E-state index contributed by atoms with van der Waals surface area (Å²) in [5.41, 5.74) is 0.485. The zero-order chi connectivity index (χ0) is 13.4. The van der Waals surface area contributed by atoms with Crippen LogP contribution in [0.2, 0.25) is 5.28 Å². The Kier molecular flexibility index (Phi) is 3.24. The third kappa shape index (κ3) is 2.24. The van der Waals surface area contributed by atoms with E-state index in [1.165, 1.54) is 12.1 Å². The summed E-state index contributed by atoms with van der Waals surface area (Å²) in [6, 6.07) is 4.42. The Morgan fingerprint density at radius 1 is 1.42 bits per heavy atom. The first-order valence-electron chi connectivity index (χ1n) is 6.19. The number of aliphatic hydroxyl groups is 1. The van der Waals surface area contributed by atoms with Crippen molar-refractivity contribution in [1.82, 2.24) is 9.97 Å². The van der Waals surface area contributed by atoms with Gasteiger partial charge in [-0.15, -0.1) is 0 Å². The third-order valence-electron chi connectivity index (χ3n) is 3.47. The Hall–Kier alpha value is -1.46. The predicted molar refractivity (Wildman–Crippen MR) is 72.0 cm³/mol. The van der Waals surface area contributed by atoms with Gasteiger partial charge in [0.25, 0.3) is 0 Å². The van der Waals surface area contributed by atoms with Crippen molar-refractivity contribution in [2.45, 2.75) is 18.9 Å². The van der Waals surface area contributed by atoms with Crippen molar-refractivity contribution < 1.29 is 9.50 Å². The van der Waals surface area contributed by atoms with Crippen LogP contribution in [0.5, 0.6) is 0 Å². The van der Waals surface area contributed by atoms with Crippen LogP contribution in [0.3, 0.4) is 0 Å². The maximum absolute atomic E-state index is 13.3. The zero-order valence-electron chi connectivity index (χ0n) is 10.2. The van der Waals surface area contributed by atoms with Crippen LogP contribution in [0.15, 0.2) is 18.2 Å². The number of anilines is 1. The second-order valence-electron chi connectivity index (χ2n) is 4.65. The summed E-state index contributed by atoms with van der Waals surface area (Å²) < 4.78 is 13.3. The molecule has 0 bridgehead atoms. The first kappa shape index (κ1) is 12.6. The number of hydrogen-bond acceptors (Lipinski definition) is 4. The van der Waals surface area contributed by atoms with Gasteiger partial charge in [0, 0.05) is 18.0 Å². The van der Waals surface area contributed by atoms with Crippen LogP contribution in [0, 0.1) is 5.82 Å². The van der Waals surface area contributed by atoms with Gasteiger partial charge in [-0.1, -0.05) is 0 Å². The molecule has 1 atom stereocenters. The normalized spacial score (nSPS) is 19.3. The Morgan fingerprint density at radius 3 is 3.05 bits per heavy atom. The smallest absolute Gasteiger partial charge is 0.224 e. The van der Waals surface area contributed by atoms with Crippen LogP contribution in [0.25, 0.3) is 10.9 Å². The van der Waals surface area contributed by atoms with Crippen molar-refractivity contribution >= 4 is 28.3 Å². The Morgan fingerprint density at radius 2 is 2.26 bits per heavy atom. The lowest BCUT2D eigenvalue weighted by Gasteiger charge is -2.25. The number of fused-ring (bicyclic) bond motifs is 1. The molecule has 1 aliphatic heterocycles. The van der Waals surface area contributed by atoms with Gasteiger partial charge < -0.3 is 10.0 Å². The van der Waals surface area contributed by atoms with Gasteiger partial charge in [-0.25, -0.2) is 9.37 Å². The fourth-order valence-corrected chi connectivity index (χ4v) is 2.75. The molecule has 0 saturated carbocycles. The highest BCUT2D eigenvalue weighted by Crippen LogP contribution is 2.31. The van der Waals surface area contributed by atoms with E-state index in [2.05, 4.69) is 9.97 Å². The molecule has 0 spiro atoms. The average Bonchev–Trinajstić information content (AvgIpc) is 2.85. The van der Waals surface area contributed by atoms with Gasteiger partial charge in [0.15, 0.2) is 0 Å². The van der Waals surface area contributed by atoms with E-state index in [1.54, 1.807) is 6.07 Å². The molecule has 1 saturated heterocycles. The van der Waals surface area contributed by atoms with Crippen LogP contribution in [0.1, 0.15) is 12.8 Å². The standard InChI is InChI=1S/C13H13ClFN3O/c14-13-16-11-6-8(15)3-4-10(11)12(17-13)18-5-1-2-9(18)7-19/h3-4,6,9,19H,1-2,5,7H2/t9-/m0/s1. The summed E-state index contributed by atoms with van der Waals surface area (Å²) in [6.45, 7) is 0.884. The van der Waals surface area contributed by atoms with Gasteiger partial charge in [-0.2, -0.15) is 4.98 Å². The van der Waals surface area contributed by atoms with Crippen LogP contribution < -0.4 is 4.90 Å². The fourth-order valence-electron chi connectivity index (χ4n) is 2.58. The summed E-state index contributed by atoms with van der Waals surface area (Å²) in [5.74, 6) is 0.319. The van der Waals surface area contributed by atoms with E-state index in [0.717, 1.165) is 24.8 Å². The monoisotopic (exact) mass is 281 g/mol. The molecule has 6 heteroatoms. The summed E-state index contributed by atoms with van der Waals surface area (Å²) in [4.78, 5) is 10.3. The molecule has 1 aromatic carbocycles. The lowest BCUT2D eigenvalue weighted by Crippen LogP contribution is -2.33. The average molecular weight is 282 g/mol. The van der Waals surface area contributed by atoms with Gasteiger partial charge in [0.1, 0.15) is 11.6 Å². The van der Waals surface area contributed by atoms with Crippen LogP contribution in [0.4, 0.5) is 10.2 Å². The number of aliphatic hydroxyl groups excluding tert-OH is 1. The Bertz CT molecular complexity index is 617. The maximum Gasteiger partial charge on any atom is 0.224 e. The minimum absolute atomic E-state index is 0.0409. The molecule has 1 N–H and O–H groups in total. The van der Waals surface area contributed by atoms with Crippen molar-refractivity contribution in [2.24, 2.45) is 0 Å². The van der Waals surface area contributed by atoms with Crippen molar-refractivity contribution in [2.75, 3.05) is 18.1 Å². The maximum atomic E-state index is 13.3. The summed E-state index contributed by atoms with van der Waals surface area (Å²) >= 11 is 5.91. The third-order valence-corrected chi connectivity index (χ3v) is 3.64. The summed E-state index contributed by atoms with van der Waals surface area (Å²) in [7, 11) is 0. The topological polar surface area (TPSA) is 49.2 Å². The number of rotatable bonds is 2. The Balaban J connectivity index is 2.17. The number of benzene rings is 1.